The molecule has 58 valence electrons. The van der Waals surface area contributed by atoms with E-state index in [4.69, 9.17) is 5.73 Å². The maximum atomic E-state index is 10.7. The normalized spacial score (nSPS) is 31.3. The molecule has 3 nitrogen and oxygen atoms in total. The van der Waals surface area contributed by atoms with Crippen LogP contribution in [0, 0.1) is 5.92 Å². The van der Waals surface area contributed by atoms with Gasteiger partial charge >= 0.3 is 0 Å². The zero-order valence-electron chi connectivity index (χ0n) is 6.72. The minimum absolute atomic E-state index is 0.0220. The molecule has 1 unspecified atom stereocenters. The van der Waals surface area contributed by atoms with E-state index in [0.29, 0.717) is 0 Å². The highest BCUT2D eigenvalue weighted by molar-refractivity contribution is 5.79. The molecular formula is C7H14N2O. The zero-order chi connectivity index (χ0) is 7.94. The van der Waals surface area contributed by atoms with Crippen molar-refractivity contribution in [3.05, 3.63) is 0 Å². The van der Waals surface area contributed by atoms with Crippen LogP contribution >= 0.6 is 0 Å². The fourth-order valence-electron chi connectivity index (χ4n) is 1.32. The van der Waals surface area contributed by atoms with Crippen LogP contribution in [-0.4, -0.2) is 29.9 Å². The molecule has 2 N–H and O–H groups in total. The van der Waals surface area contributed by atoms with E-state index in [2.05, 4.69) is 4.90 Å². The van der Waals surface area contributed by atoms with Crippen molar-refractivity contribution in [2.75, 3.05) is 13.6 Å². The first kappa shape index (κ1) is 7.54. The van der Waals surface area contributed by atoms with Gasteiger partial charge in [0, 0.05) is 12.1 Å². The lowest BCUT2D eigenvalue weighted by Gasteiger charge is -2.51. The highest BCUT2D eigenvalue weighted by Crippen LogP contribution is 2.33. The predicted octanol–water partition coefficient (Wildman–Crippen LogP) is -0.188. The molecule has 1 heterocycles. The van der Waals surface area contributed by atoms with Crippen LogP contribution in [-0.2, 0) is 4.79 Å². The van der Waals surface area contributed by atoms with E-state index in [1.807, 2.05) is 20.9 Å². The molecule has 0 spiro atoms. The number of primary amides is 1. The fraction of sp³-hybridized carbons (Fsp3) is 0.857. The molecule has 1 aliphatic rings. The largest absolute Gasteiger partial charge is 0.369 e. The molecule has 0 bridgehead atoms. The summed E-state index contributed by atoms with van der Waals surface area (Å²) in [5, 5.41) is 0. The van der Waals surface area contributed by atoms with Crippen LogP contribution in [0.25, 0.3) is 0 Å². The van der Waals surface area contributed by atoms with Gasteiger partial charge in [0.25, 0.3) is 0 Å². The van der Waals surface area contributed by atoms with Gasteiger partial charge in [-0.2, -0.15) is 0 Å². The van der Waals surface area contributed by atoms with Gasteiger partial charge in [0.05, 0.1) is 5.92 Å². The number of hydrogen-bond donors (Lipinski definition) is 1. The Balaban J connectivity index is 2.63. The van der Waals surface area contributed by atoms with E-state index in [-0.39, 0.29) is 17.4 Å². The topological polar surface area (TPSA) is 46.3 Å². The fourth-order valence-corrected chi connectivity index (χ4v) is 1.32. The van der Waals surface area contributed by atoms with E-state index in [0.717, 1.165) is 6.54 Å². The van der Waals surface area contributed by atoms with E-state index >= 15 is 0 Å². The lowest BCUT2D eigenvalue weighted by Crippen LogP contribution is -2.65. The summed E-state index contributed by atoms with van der Waals surface area (Å²) < 4.78 is 0. The number of carbonyl (C=O) groups is 1. The summed E-state index contributed by atoms with van der Waals surface area (Å²) in [6.45, 7) is 4.88. The smallest absolute Gasteiger partial charge is 0.223 e. The number of amides is 1. The second-order valence-corrected chi connectivity index (χ2v) is 3.49. The molecule has 0 aromatic carbocycles. The van der Waals surface area contributed by atoms with Gasteiger partial charge in [-0.3, -0.25) is 9.69 Å². The van der Waals surface area contributed by atoms with Crippen LogP contribution in [0.3, 0.4) is 0 Å². The monoisotopic (exact) mass is 142 g/mol. The van der Waals surface area contributed by atoms with E-state index in [1.54, 1.807) is 0 Å². The quantitative estimate of drug-likeness (QED) is 0.551. The van der Waals surface area contributed by atoms with Crippen molar-refractivity contribution in [2.24, 2.45) is 11.7 Å². The van der Waals surface area contributed by atoms with Gasteiger partial charge in [0.15, 0.2) is 0 Å². The van der Waals surface area contributed by atoms with E-state index in [9.17, 15) is 4.79 Å². The lowest BCUT2D eigenvalue weighted by atomic mass is 9.77. The third kappa shape index (κ3) is 0.814. The van der Waals surface area contributed by atoms with Crippen molar-refractivity contribution in [3.8, 4) is 0 Å². The molecule has 10 heavy (non-hydrogen) atoms. The number of nitrogens with two attached hydrogens (primary N) is 1. The van der Waals surface area contributed by atoms with Gasteiger partial charge in [-0.1, -0.05) is 0 Å². The Bertz CT molecular complexity index is 165. The molecule has 3 heteroatoms. The molecule has 1 amide bonds. The second-order valence-electron chi connectivity index (χ2n) is 3.49. The van der Waals surface area contributed by atoms with Gasteiger partial charge in [-0.25, -0.2) is 0 Å². The first-order chi connectivity index (χ1) is 4.46. The van der Waals surface area contributed by atoms with Crippen LogP contribution in [0.2, 0.25) is 0 Å². The Morgan fingerprint density at radius 2 is 2.20 bits per heavy atom. The number of nitrogens with zero attached hydrogens (tertiary/aromatic N) is 1. The van der Waals surface area contributed by atoms with E-state index in [1.165, 1.54) is 0 Å². The van der Waals surface area contributed by atoms with Crippen molar-refractivity contribution in [1.29, 1.82) is 0 Å². The zero-order valence-corrected chi connectivity index (χ0v) is 6.72. The van der Waals surface area contributed by atoms with E-state index < -0.39 is 0 Å². The number of carbonyl (C=O) groups excluding carboxylic acids is 1. The first-order valence-corrected chi connectivity index (χ1v) is 3.47. The molecule has 1 rings (SSSR count). The molecule has 1 saturated heterocycles. The molecule has 0 aromatic rings. The van der Waals surface area contributed by atoms with Crippen molar-refractivity contribution in [3.63, 3.8) is 0 Å². The summed E-state index contributed by atoms with van der Waals surface area (Å²) in [5.74, 6) is -0.138. The second kappa shape index (κ2) is 1.95. The maximum absolute atomic E-state index is 10.7. The van der Waals surface area contributed by atoms with Crippen LogP contribution in [0.15, 0.2) is 0 Å². The van der Waals surface area contributed by atoms with Gasteiger partial charge < -0.3 is 5.73 Å². The van der Waals surface area contributed by atoms with Crippen LogP contribution < -0.4 is 5.73 Å². The number of rotatable bonds is 1. The molecule has 0 aliphatic carbocycles. The Kier molecular flexibility index (Phi) is 1.47. The summed E-state index contributed by atoms with van der Waals surface area (Å²) >= 11 is 0. The third-order valence-electron chi connectivity index (χ3n) is 2.64. The Labute approximate surface area is 61.2 Å². The molecular weight excluding hydrogens is 128 g/mol. The molecule has 0 saturated carbocycles. The van der Waals surface area contributed by atoms with Crippen LogP contribution in [0.1, 0.15) is 13.8 Å². The molecule has 1 aliphatic heterocycles. The van der Waals surface area contributed by atoms with Crippen LogP contribution in [0.4, 0.5) is 0 Å². The Morgan fingerprint density at radius 1 is 1.70 bits per heavy atom. The SMILES string of the molecule is CN1CC(C(N)=O)C1(C)C. The molecule has 1 fully saturated rings. The van der Waals surface area contributed by atoms with Crippen molar-refractivity contribution >= 4 is 5.91 Å². The van der Waals surface area contributed by atoms with Gasteiger partial charge in [0.1, 0.15) is 0 Å². The van der Waals surface area contributed by atoms with Crippen molar-refractivity contribution in [1.82, 2.24) is 4.90 Å². The van der Waals surface area contributed by atoms with Gasteiger partial charge in [-0.05, 0) is 20.9 Å². The molecule has 1 atom stereocenters. The Morgan fingerprint density at radius 3 is 2.30 bits per heavy atom. The highest BCUT2D eigenvalue weighted by atomic mass is 16.1. The molecule has 0 aromatic heterocycles. The minimum atomic E-state index is -0.178. The summed E-state index contributed by atoms with van der Waals surface area (Å²) in [7, 11) is 2.00. The third-order valence-corrected chi connectivity index (χ3v) is 2.64. The van der Waals surface area contributed by atoms with Gasteiger partial charge in [0.2, 0.25) is 5.91 Å². The maximum Gasteiger partial charge on any atom is 0.223 e. The number of likely N-dealkylation sites (tertiary alicyclic amines) is 1. The highest BCUT2D eigenvalue weighted by Gasteiger charge is 2.46. The predicted molar refractivity (Wildman–Crippen MR) is 39.4 cm³/mol. The average Bonchev–Trinajstić information content (AvgIpc) is 1.82. The first-order valence-electron chi connectivity index (χ1n) is 3.47. The summed E-state index contributed by atoms with van der Waals surface area (Å²) in [5.41, 5.74) is 5.15. The van der Waals surface area contributed by atoms with Gasteiger partial charge in [-0.15, -0.1) is 0 Å². The molecule has 0 radical (unpaired) electrons. The summed E-state index contributed by atoms with van der Waals surface area (Å²) in [6, 6.07) is 0. The minimum Gasteiger partial charge on any atom is -0.369 e. The average molecular weight is 142 g/mol. The number of hydrogen-bond acceptors (Lipinski definition) is 2. The van der Waals surface area contributed by atoms with Crippen LogP contribution in [0.5, 0.6) is 0 Å². The van der Waals surface area contributed by atoms with Crippen molar-refractivity contribution in [2.45, 2.75) is 19.4 Å². The lowest BCUT2D eigenvalue weighted by molar-refractivity contribution is -0.137. The Hall–Kier alpha value is -0.570. The summed E-state index contributed by atoms with van der Waals surface area (Å²) in [4.78, 5) is 12.9. The summed E-state index contributed by atoms with van der Waals surface area (Å²) in [6.07, 6.45) is 0. The van der Waals surface area contributed by atoms with Crippen molar-refractivity contribution < 1.29 is 4.79 Å². The standard InChI is InChI=1S/C7H14N2O/c1-7(2)5(6(8)10)4-9(7)3/h5H,4H2,1-3H3,(H2,8,10).